The SMILES string of the molecule is CC[C@H]1O[C@H](C(C)C)[C@H](OC(C)=O)C1OC(C)=O. The monoisotopic (exact) mass is 258 g/mol. The van der Waals surface area contributed by atoms with E-state index < -0.39 is 12.2 Å². The van der Waals surface area contributed by atoms with Crippen molar-refractivity contribution in [2.24, 2.45) is 5.92 Å². The van der Waals surface area contributed by atoms with Gasteiger partial charge in [-0.15, -0.1) is 0 Å². The highest BCUT2D eigenvalue weighted by molar-refractivity contribution is 5.67. The molecule has 0 radical (unpaired) electrons. The molecule has 0 saturated carbocycles. The Bertz CT molecular complexity index is 313. The van der Waals surface area contributed by atoms with Crippen LogP contribution in [0.4, 0.5) is 0 Å². The average molecular weight is 258 g/mol. The first-order chi connectivity index (χ1) is 8.36. The Labute approximate surface area is 108 Å². The lowest BCUT2D eigenvalue weighted by molar-refractivity contribution is -0.164. The van der Waals surface area contributed by atoms with E-state index in [4.69, 9.17) is 14.2 Å². The van der Waals surface area contributed by atoms with Crippen LogP contribution in [0.1, 0.15) is 41.0 Å². The van der Waals surface area contributed by atoms with E-state index in [1.807, 2.05) is 20.8 Å². The fourth-order valence-electron chi connectivity index (χ4n) is 2.28. The lowest BCUT2D eigenvalue weighted by atomic mass is 9.98. The van der Waals surface area contributed by atoms with E-state index >= 15 is 0 Å². The van der Waals surface area contributed by atoms with Gasteiger partial charge < -0.3 is 14.2 Å². The van der Waals surface area contributed by atoms with Gasteiger partial charge >= 0.3 is 11.9 Å². The highest BCUT2D eigenvalue weighted by Gasteiger charge is 2.49. The van der Waals surface area contributed by atoms with Crippen molar-refractivity contribution in [3.05, 3.63) is 0 Å². The van der Waals surface area contributed by atoms with Gasteiger partial charge in [-0.3, -0.25) is 9.59 Å². The van der Waals surface area contributed by atoms with E-state index in [9.17, 15) is 9.59 Å². The summed E-state index contributed by atoms with van der Waals surface area (Å²) in [6.07, 6.45) is -0.771. The van der Waals surface area contributed by atoms with Crippen molar-refractivity contribution in [2.45, 2.75) is 65.5 Å². The highest BCUT2D eigenvalue weighted by Crippen LogP contribution is 2.32. The molecule has 1 aliphatic rings. The van der Waals surface area contributed by atoms with Crippen LogP contribution in [0.3, 0.4) is 0 Å². The Morgan fingerprint density at radius 3 is 2.00 bits per heavy atom. The Morgan fingerprint density at radius 1 is 1.11 bits per heavy atom. The molecule has 0 aliphatic carbocycles. The van der Waals surface area contributed by atoms with Crippen LogP contribution in [0.25, 0.3) is 0 Å². The van der Waals surface area contributed by atoms with Crippen LogP contribution in [0, 0.1) is 5.92 Å². The molecule has 0 amide bonds. The molecule has 0 aromatic carbocycles. The molecule has 104 valence electrons. The Morgan fingerprint density at radius 2 is 1.61 bits per heavy atom. The minimum atomic E-state index is -0.517. The van der Waals surface area contributed by atoms with Gasteiger partial charge in [0, 0.05) is 13.8 Å². The molecule has 1 rings (SSSR count). The first kappa shape index (κ1) is 15.0. The maximum Gasteiger partial charge on any atom is 0.303 e. The van der Waals surface area contributed by atoms with Crippen LogP contribution >= 0.6 is 0 Å². The second-order valence-corrected chi connectivity index (χ2v) is 4.94. The Balaban J connectivity index is 2.91. The van der Waals surface area contributed by atoms with Crippen LogP contribution in [-0.2, 0) is 23.8 Å². The third kappa shape index (κ3) is 3.45. The van der Waals surface area contributed by atoms with Crippen molar-refractivity contribution in [1.82, 2.24) is 0 Å². The van der Waals surface area contributed by atoms with E-state index in [2.05, 4.69) is 0 Å². The predicted molar refractivity (Wildman–Crippen MR) is 64.9 cm³/mol. The summed E-state index contributed by atoms with van der Waals surface area (Å²) in [5, 5.41) is 0. The summed E-state index contributed by atoms with van der Waals surface area (Å²) in [4.78, 5) is 22.3. The summed E-state index contributed by atoms with van der Waals surface area (Å²) in [6.45, 7) is 8.63. The lowest BCUT2D eigenvalue weighted by Crippen LogP contribution is -2.41. The topological polar surface area (TPSA) is 61.8 Å². The number of hydrogen-bond donors (Lipinski definition) is 0. The highest BCUT2D eigenvalue weighted by atomic mass is 16.6. The third-order valence-electron chi connectivity index (χ3n) is 3.01. The maximum atomic E-state index is 11.2. The lowest BCUT2D eigenvalue weighted by Gasteiger charge is -2.24. The van der Waals surface area contributed by atoms with Crippen LogP contribution in [0.2, 0.25) is 0 Å². The standard InChI is InChI=1S/C13H22O5/c1-6-10-12(16-8(4)14)13(17-9(5)15)11(18-10)7(2)3/h7,10-13H,6H2,1-5H3/t10-,11-,12?,13+/m1/s1. The van der Waals surface area contributed by atoms with Crippen molar-refractivity contribution >= 4 is 11.9 Å². The number of esters is 2. The molecule has 1 aliphatic heterocycles. The summed E-state index contributed by atoms with van der Waals surface area (Å²) in [5.41, 5.74) is 0. The Kier molecular flexibility index (Phi) is 5.14. The van der Waals surface area contributed by atoms with Crippen LogP contribution in [0.15, 0.2) is 0 Å². The molecule has 0 aromatic heterocycles. The molecule has 5 heteroatoms. The zero-order valence-corrected chi connectivity index (χ0v) is 11.6. The van der Waals surface area contributed by atoms with E-state index in [0.29, 0.717) is 6.42 Å². The first-order valence-corrected chi connectivity index (χ1v) is 6.36. The Hall–Kier alpha value is -1.10. The normalized spacial score (nSPS) is 31.4. The molecule has 1 unspecified atom stereocenters. The summed E-state index contributed by atoms with van der Waals surface area (Å²) < 4.78 is 16.4. The summed E-state index contributed by atoms with van der Waals surface area (Å²) in [6, 6.07) is 0. The van der Waals surface area contributed by atoms with Crippen LogP contribution in [0.5, 0.6) is 0 Å². The molecular formula is C13H22O5. The fourth-order valence-corrected chi connectivity index (χ4v) is 2.28. The van der Waals surface area contributed by atoms with Gasteiger partial charge in [0.05, 0.1) is 6.10 Å². The third-order valence-corrected chi connectivity index (χ3v) is 3.01. The predicted octanol–water partition coefficient (Wildman–Crippen LogP) is 1.68. The second-order valence-electron chi connectivity index (χ2n) is 4.94. The molecule has 0 aromatic rings. The van der Waals surface area contributed by atoms with E-state index in [1.165, 1.54) is 13.8 Å². The van der Waals surface area contributed by atoms with E-state index in [-0.39, 0.29) is 30.1 Å². The van der Waals surface area contributed by atoms with Crippen LogP contribution in [-0.4, -0.2) is 36.4 Å². The van der Waals surface area contributed by atoms with Crippen LogP contribution < -0.4 is 0 Å². The van der Waals surface area contributed by atoms with E-state index in [1.54, 1.807) is 0 Å². The molecule has 1 heterocycles. The zero-order chi connectivity index (χ0) is 13.9. The summed E-state index contributed by atoms with van der Waals surface area (Å²) >= 11 is 0. The summed E-state index contributed by atoms with van der Waals surface area (Å²) in [7, 11) is 0. The van der Waals surface area contributed by atoms with Crippen molar-refractivity contribution in [2.75, 3.05) is 0 Å². The van der Waals surface area contributed by atoms with E-state index in [0.717, 1.165) is 0 Å². The minimum absolute atomic E-state index is 0.184. The fraction of sp³-hybridized carbons (Fsp3) is 0.846. The molecule has 0 N–H and O–H groups in total. The number of hydrogen-bond acceptors (Lipinski definition) is 5. The van der Waals surface area contributed by atoms with Gasteiger partial charge in [-0.25, -0.2) is 0 Å². The molecule has 0 spiro atoms. The molecule has 4 atom stereocenters. The molecule has 5 nitrogen and oxygen atoms in total. The summed E-state index contributed by atoms with van der Waals surface area (Å²) in [5.74, 6) is -0.587. The van der Waals surface area contributed by atoms with Gasteiger partial charge in [0.2, 0.25) is 0 Å². The molecule has 18 heavy (non-hydrogen) atoms. The number of ether oxygens (including phenoxy) is 3. The number of carbonyl (C=O) groups excluding carboxylic acids is 2. The first-order valence-electron chi connectivity index (χ1n) is 6.36. The zero-order valence-electron chi connectivity index (χ0n) is 11.6. The van der Waals surface area contributed by atoms with Gasteiger partial charge in [0.15, 0.2) is 12.2 Å². The molecular weight excluding hydrogens is 236 g/mol. The molecule has 1 fully saturated rings. The number of carbonyl (C=O) groups is 2. The smallest absolute Gasteiger partial charge is 0.303 e. The maximum absolute atomic E-state index is 11.2. The molecule has 1 saturated heterocycles. The van der Waals surface area contributed by atoms with Crippen molar-refractivity contribution in [3.63, 3.8) is 0 Å². The van der Waals surface area contributed by atoms with Gasteiger partial charge in [0.25, 0.3) is 0 Å². The van der Waals surface area contributed by atoms with Gasteiger partial charge in [-0.1, -0.05) is 20.8 Å². The second kappa shape index (κ2) is 6.18. The average Bonchev–Trinajstić information content (AvgIpc) is 2.56. The van der Waals surface area contributed by atoms with Gasteiger partial charge in [0.1, 0.15) is 6.10 Å². The molecule has 0 bridgehead atoms. The number of rotatable bonds is 4. The minimum Gasteiger partial charge on any atom is -0.456 e. The largest absolute Gasteiger partial charge is 0.456 e. The van der Waals surface area contributed by atoms with Crippen molar-refractivity contribution in [3.8, 4) is 0 Å². The van der Waals surface area contributed by atoms with Crippen molar-refractivity contribution < 1.29 is 23.8 Å². The van der Waals surface area contributed by atoms with Crippen molar-refractivity contribution in [1.29, 1.82) is 0 Å². The van der Waals surface area contributed by atoms with Gasteiger partial charge in [-0.2, -0.15) is 0 Å². The quantitative estimate of drug-likeness (QED) is 0.718. The van der Waals surface area contributed by atoms with Gasteiger partial charge in [-0.05, 0) is 12.3 Å².